The summed E-state index contributed by atoms with van der Waals surface area (Å²) in [4.78, 5) is 0. The average molecular weight is 290 g/mol. The first-order valence-electron chi connectivity index (χ1n) is 5.53. The van der Waals surface area contributed by atoms with Gasteiger partial charge in [0.05, 0.1) is 5.69 Å². The minimum atomic E-state index is 0.783. The fraction of sp³-hybridized carbons (Fsp3) is 0.143. The first-order valence-corrected chi connectivity index (χ1v) is 6.32. The summed E-state index contributed by atoms with van der Waals surface area (Å²) in [5.41, 5.74) is 3.44. The topological polar surface area (TPSA) is 21.3 Å². The molecule has 0 saturated carbocycles. The van der Waals surface area contributed by atoms with Gasteiger partial charge < -0.3 is 10.1 Å². The summed E-state index contributed by atoms with van der Waals surface area (Å²) in [6, 6.07) is 12.3. The Balaban J connectivity index is 2.07. The SMILES string of the molecule is Cc1ccc2c(c1)NCc1cc(Br)ccc1O2. The molecule has 3 heteroatoms. The number of aryl methyl sites for hydroxylation is 1. The lowest BCUT2D eigenvalue weighted by atomic mass is 10.2. The van der Waals surface area contributed by atoms with Crippen molar-refractivity contribution in [3.63, 3.8) is 0 Å². The van der Waals surface area contributed by atoms with Crippen LogP contribution < -0.4 is 10.1 Å². The molecule has 1 aliphatic rings. The normalized spacial score (nSPS) is 12.8. The summed E-state index contributed by atoms with van der Waals surface area (Å²) in [6.07, 6.45) is 0. The van der Waals surface area contributed by atoms with Gasteiger partial charge in [-0.1, -0.05) is 22.0 Å². The predicted octanol–water partition coefficient (Wildman–Crippen LogP) is 4.48. The molecule has 1 heterocycles. The van der Waals surface area contributed by atoms with Crippen LogP contribution in [0.5, 0.6) is 11.5 Å². The van der Waals surface area contributed by atoms with Crippen molar-refractivity contribution >= 4 is 21.6 Å². The van der Waals surface area contributed by atoms with Crippen LogP contribution in [0.3, 0.4) is 0 Å². The lowest BCUT2D eigenvalue weighted by Crippen LogP contribution is -1.97. The Bertz CT molecular complexity index is 529. The van der Waals surface area contributed by atoms with E-state index in [2.05, 4.69) is 46.4 Å². The van der Waals surface area contributed by atoms with Gasteiger partial charge in [-0.15, -0.1) is 0 Å². The highest BCUT2D eigenvalue weighted by molar-refractivity contribution is 9.10. The number of benzene rings is 2. The van der Waals surface area contributed by atoms with Crippen molar-refractivity contribution in [3.8, 4) is 11.5 Å². The summed E-state index contributed by atoms with van der Waals surface area (Å²) in [5.74, 6) is 1.81. The van der Waals surface area contributed by atoms with Crippen LogP contribution in [0.25, 0.3) is 0 Å². The quantitative estimate of drug-likeness (QED) is 0.772. The van der Waals surface area contributed by atoms with Crippen LogP contribution in [-0.4, -0.2) is 0 Å². The highest BCUT2D eigenvalue weighted by Gasteiger charge is 2.14. The number of fused-ring (bicyclic) bond motifs is 2. The standard InChI is InChI=1S/C14H12BrNO/c1-9-2-4-14-12(6-9)16-8-10-7-11(15)3-5-13(10)17-14/h2-7,16H,8H2,1H3. The van der Waals surface area contributed by atoms with Gasteiger partial charge >= 0.3 is 0 Å². The number of halogens is 1. The Kier molecular flexibility index (Phi) is 2.56. The third-order valence-electron chi connectivity index (χ3n) is 2.85. The van der Waals surface area contributed by atoms with Gasteiger partial charge in [0.25, 0.3) is 0 Å². The first-order chi connectivity index (χ1) is 8.22. The van der Waals surface area contributed by atoms with Crippen molar-refractivity contribution in [2.24, 2.45) is 0 Å². The molecule has 0 aromatic heterocycles. The smallest absolute Gasteiger partial charge is 0.150 e. The summed E-state index contributed by atoms with van der Waals surface area (Å²) < 4.78 is 7.00. The Morgan fingerprint density at radius 3 is 2.82 bits per heavy atom. The van der Waals surface area contributed by atoms with E-state index in [1.807, 2.05) is 18.2 Å². The summed E-state index contributed by atoms with van der Waals surface area (Å²) >= 11 is 3.48. The molecule has 86 valence electrons. The molecule has 0 bridgehead atoms. The molecular formula is C14H12BrNO. The third kappa shape index (κ3) is 2.03. The molecule has 3 rings (SSSR count). The molecule has 0 unspecified atom stereocenters. The fourth-order valence-electron chi connectivity index (χ4n) is 1.97. The lowest BCUT2D eigenvalue weighted by molar-refractivity contribution is 0.483. The largest absolute Gasteiger partial charge is 0.455 e. The van der Waals surface area contributed by atoms with Crippen LogP contribution in [0.4, 0.5) is 5.69 Å². The number of hydrogen-bond acceptors (Lipinski definition) is 2. The van der Waals surface area contributed by atoms with Crippen molar-refractivity contribution < 1.29 is 4.74 Å². The van der Waals surface area contributed by atoms with E-state index in [0.717, 1.165) is 33.8 Å². The van der Waals surface area contributed by atoms with Crippen LogP contribution in [0, 0.1) is 6.92 Å². The van der Waals surface area contributed by atoms with Gasteiger partial charge in [0.1, 0.15) is 5.75 Å². The number of nitrogens with one attached hydrogen (secondary N) is 1. The minimum absolute atomic E-state index is 0.783. The van der Waals surface area contributed by atoms with E-state index in [1.165, 1.54) is 5.56 Å². The highest BCUT2D eigenvalue weighted by Crippen LogP contribution is 2.36. The maximum atomic E-state index is 5.93. The van der Waals surface area contributed by atoms with E-state index < -0.39 is 0 Å². The maximum Gasteiger partial charge on any atom is 0.150 e. The monoisotopic (exact) mass is 289 g/mol. The molecule has 0 aliphatic carbocycles. The van der Waals surface area contributed by atoms with Crippen molar-refractivity contribution in [1.82, 2.24) is 0 Å². The highest BCUT2D eigenvalue weighted by atomic mass is 79.9. The molecular weight excluding hydrogens is 278 g/mol. The molecule has 2 aromatic rings. The molecule has 17 heavy (non-hydrogen) atoms. The number of hydrogen-bond donors (Lipinski definition) is 1. The number of rotatable bonds is 0. The van der Waals surface area contributed by atoms with Gasteiger partial charge in [-0.25, -0.2) is 0 Å². The third-order valence-corrected chi connectivity index (χ3v) is 3.34. The molecule has 1 N–H and O–H groups in total. The number of anilines is 1. The molecule has 0 saturated heterocycles. The van der Waals surface area contributed by atoms with Crippen LogP contribution in [0.2, 0.25) is 0 Å². The minimum Gasteiger partial charge on any atom is -0.455 e. The number of ether oxygens (including phenoxy) is 1. The predicted molar refractivity (Wildman–Crippen MR) is 72.7 cm³/mol. The van der Waals surface area contributed by atoms with Crippen molar-refractivity contribution in [2.45, 2.75) is 13.5 Å². The summed E-state index contributed by atoms with van der Waals surface area (Å²) in [6.45, 7) is 2.86. The molecule has 0 atom stereocenters. The van der Waals surface area contributed by atoms with E-state index in [0.29, 0.717) is 0 Å². The first kappa shape index (κ1) is 10.7. The second kappa shape index (κ2) is 4.08. The Morgan fingerprint density at radius 2 is 1.94 bits per heavy atom. The van der Waals surface area contributed by atoms with Crippen molar-refractivity contribution in [1.29, 1.82) is 0 Å². The zero-order valence-corrected chi connectivity index (χ0v) is 11.0. The van der Waals surface area contributed by atoms with Crippen molar-refractivity contribution in [2.75, 3.05) is 5.32 Å². The van der Waals surface area contributed by atoms with Crippen LogP contribution in [-0.2, 0) is 6.54 Å². The van der Waals surface area contributed by atoms with Crippen LogP contribution in [0.15, 0.2) is 40.9 Å². The van der Waals surface area contributed by atoms with Gasteiger partial charge in [-0.3, -0.25) is 0 Å². The van der Waals surface area contributed by atoms with Gasteiger partial charge in [0.15, 0.2) is 5.75 Å². The zero-order chi connectivity index (χ0) is 11.8. The fourth-order valence-corrected chi connectivity index (χ4v) is 2.37. The Labute approximate surface area is 109 Å². The van der Waals surface area contributed by atoms with Gasteiger partial charge in [-0.05, 0) is 42.8 Å². The molecule has 2 aromatic carbocycles. The van der Waals surface area contributed by atoms with Gasteiger partial charge in [0, 0.05) is 16.6 Å². The molecule has 0 spiro atoms. The van der Waals surface area contributed by atoms with E-state index in [4.69, 9.17) is 4.74 Å². The Morgan fingerprint density at radius 1 is 1.12 bits per heavy atom. The lowest BCUT2D eigenvalue weighted by Gasteiger charge is -2.08. The van der Waals surface area contributed by atoms with Gasteiger partial charge in [-0.2, -0.15) is 0 Å². The summed E-state index contributed by atoms with van der Waals surface area (Å²) in [7, 11) is 0. The Hall–Kier alpha value is -1.48. The van der Waals surface area contributed by atoms with E-state index in [9.17, 15) is 0 Å². The van der Waals surface area contributed by atoms with E-state index in [1.54, 1.807) is 0 Å². The molecule has 0 radical (unpaired) electrons. The van der Waals surface area contributed by atoms with Crippen molar-refractivity contribution in [3.05, 3.63) is 52.0 Å². The maximum absolute atomic E-state index is 5.93. The molecule has 1 aliphatic heterocycles. The zero-order valence-electron chi connectivity index (χ0n) is 9.46. The second-order valence-corrected chi connectivity index (χ2v) is 5.12. The molecule has 2 nitrogen and oxygen atoms in total. The second-order valence-electron chi connectivity index (χ2n) is 4.21. The van der Waals surface area contributed by atoms with Crippen LogP contribution >= 0.6 is 15.9 Å². The molecule has 0 amide bonds. The van der Waals surface area contributed by atoms with Gasteiger partial charge in [0.2, 0.25) is 0 Å². The molecule has 0 fully saturated rings. The average Bonchev–Trinajstić information content (AvgIpc) is 2.48. The van der Waals surface area contributed by atoms with Crippen LogP contribution in [0.1, 0.15) is 11.1 Å². The van der Waals surface area contributed by atoms with E-state index >= 15 is 0 Å². The van der Waals surface area contributed by atoms with E-state index in [-0.39, 0.29) is 0 Å². The summed E-state index contributed by atoms with van der Waals surface area (Å²) in [5, 5.41) is 3.40.